The molecule has 2 unspecified atom stereocenters. The average Bonchev–Trinajstić information content (AvgIpc) is 2.97. The van der Waals surface area contributed by atoms with Crippen molar-refractivity contribution < 1.29 is 14.7 Å². The van der Waals surface area contributed by atoms with Crippen LogP contribution >= 0.6 is 0 Å². The molecule has 2 N–H and O–H groups in total. The van der Waals surface area contributed by atoms with Crippen LogP contribution in [-0.2, 0) is 9.59 Å². The van der Waals surface area contributed by atoms with Crippen LogP contribution in [0.2, 0.25) is 0 Å². The van der Waals surface area contributed by atoms with Crippen LogP contribution in [0.1, 0.15) is 33.1 Å². The predicted octanol–water partition coefficient (Wildman–Crippen LogP) is -0.185. The molecule has 6 nitrogen and oxygen atoms in total. The van der Waals surface area contributed by atoms with Crippen LogP contribution in [0, 0.1) is 11.8 Å². The van der Waals surface area contributed by atoms with E-state index in [1.807, 2.05) is 4.90 Å². The highest BCUT2D eigenvalue weighted by Gasteiger charge is 2.43. The van der Waals surface area contributed by atoms with Gasteiger partial charge < -0.3 is 15.3 Å². The van der Waals surface area contributed by atoms with Gasteiger partial charge in [-0.3, -0.25) is 14.5 Å². The number of nitrogens with one attached hydrogen (secondary N) is 1. The molecule has 22 heavy (non-hydrogen) atoms. The SMILES string of the molecule is CC(C)N1CCNC(=O)C1CC(=O)N1C[C@H]2CC(O)C[C@H]2C1. The number of hydrogen-bond donors (Lipinski definition) is 2. The number of fused-ring (bicyclic) bond motifs is 1. The Hall–Kier alpha value is -1.14. The highest BCUT2D eigenvalue weighted by Crippen LogP contribution is 2.38. The van der Waals surface area contributed by atoms with Crippen molar-refractivity contribution in [3.63, 3.8) is 0 Å². The fraction of sp³-hybridized carbons (Fsp3) is 0.875. The minimum Gasteiger partial charge on any atom is -0.393 e. The van der Waals surface area contributed by atoms with E-state index in [9.17, 15) is 14.7 Å². The second kappa shape index (κ2) is 6.16. The minimum atomic E-state index is -0.340. The van der Waals surface area contributed by atoms with Gasteiger partial charge in [0.05, 0.1) is 18.6 Å². The Morgan fingerprint density at radius 3 is 2.55 bits per heavy atom. The third-order valence-corrected chi connectivity index (χ3v) is 5.48. The molecular formula is C16H27N3O3. The maximum absolute atomic E-state index is 12.6. The van der Waals surface area contributed by atoms with E-state index in [1.54, 1.807) is 0 Å². The Balaban J connectivity index is 1.60. The Morgan fingerprint density at radius 2 is 1.95 bits per heavy atom. The van der Waals surface area contributed by atoms with Crippen LogP contribution in [0.5, 0.6) is 0 Å². The fourth-order valence-electron chi connectivity index (χ4n) is 4.33. The summed E-state index contributed by atoms with van der Waals surface area (Å²) >= 11 is 0. The van der Waals surface area contributed by atoms with Gasteiger partial charge in [-0.2, -0.15) is 0 Å². The summed E-state index contributed by atoms with van der Waals surface area (Å²) in [5.41, 5.74) is 0. The van der Waals surface area contributed by atoms with Crippen molar-refractivity contribution in [3.8, 4) is 0 Å². The van der Waals surface area contributed by atoms with Crippen molar-refractivity contribution in [2.24, 2.45) is 11.8 Å². The first-order valence-corrected chi connectivity index (χ1v) is 8.45. The normalized spacial score (nSPS) is 35.8. The van der Waals surface area contributed by atoms with Gasteiger partial charge in [0.15, 0.2) is 0 Å². The summed E-state index contributed by atoms with van der Waals surface area (Å²) in [7, 11) is 0. The monoisotopic (exact) mass is 309 g/mol. The number of amides is 2. The largest absolute Gasteiger partial charge is 0.393 e. The first-order chi connectivity index (χ1) is 10.5. The Morgan fingerprint density at radius 1 is 1.32 bits per heavy atom. The highest BCUT2D eigenvalue weighted by molar-refractivity contribution is 5.89. The summed E-state index contributed by atoms with van der Waals surface area (Å²) in [5.74, 6) is 0.945. The van der Waals surface area contributed by atoms with Gasteiger partial charge in [0, 0.05) is 32.2 Å². The molecule has 124 valence electrons. The molecular weight excluding hydrogens is 282 g/mol. The molecule has 1 saturated carbocycles. The highest BCUT2D eigenvalue weighted by atomic mass is 16.3. The Labute approximate surface area is 131 Å². The molecule has 3 fully saturated rings. The van der Waals surface area contributed by atoms with E-state index >= 15 is 0 Å². The topological polar surface area (TPSA) is 72.9 Å². The van der Waals surface area contributed by atoms with Crippen molar-refractivity contribution in [2.45, 2.75) is 51.3 Å². The molecule has 0 bridgehead atoms. The summed E-state index contributed by atoms with van der Waals surface area (Å²) in [6.45, 7) is 7.09. The van der Waals surface area contributed by atoms with Gasteiger partial charge in [0.2, 0.25) is 11.8 Å². The van der Waals surface area contributed by atoms with Gasteiger partial charge in [0.25, 0.3) is 0 Å². The standard InChI is InChI=1S/C16H27N3O3/c1-10(2)19-4-3-17-16(22)14(19)7-15(21)18-8-11-5-13(20)6-12(11)9-18/h10-14,20H,3-9H2,1-2H3,(H,17,22)/t11-,12+,13?,14?. The van der Waals surface area contributed by atoms with E-state index in [4.69, 9.17) is 0 Å². The van der Waals surface area contributed by atoms with Gasteiger partial charge in [-0.25, -0.2) is 0 Å². The lowest BCUT2D eigenvalue weighted by Crippen LogP contribution is -2.58. The third kappa shape index (κ3) is 2.99. The number of carbonyl (C=O) groups is 2. The van der Waals surface area contributed by atoms with Crippen molar-refractivity contribution >= 4 is 11.8 Å². The molecule has 2 amide bonds. The summed E-state index contributed by atoms with van der Waals surface area (Å²) in [6.07, 6.45) is 1.71. The molecule has 0 spiro atoms. The smallest absolute Gasteiger partial charge is 0.237 e. The lowest BCUT2D eigenvalue weighted by atomic mass is 10.0. The molecule has 4 atom stereocenters. The van der Waals surface area contributed by atoms with E-state index < -0.39 is 0 Å². The van der Waals surface area contributed by atoms with Crippen LogP contribution in [0.25, 0.3) is 0 Å². The average molecular weight is 309 g/mol. The molecule has 2 heterocycles. The zero-order valence-electron chi connectivity index (χ0n) is 13.5. The van der Waals surface area contributed by atoms with Gasteiger partial charge in [-0.1, -0.05) is 0 Å². The van der Waals surface area contributed by atoms with Gasteiger partial charge >= 0.3 is 0 Å². The van der Waals surface area contributed by atoms with E-state index in [1.165, 1.54) is 0 Å². The maximum Gasteiger partial charge on any atom is 0.237 e. The second-order valence-corrected chi connectivity index (χ2v) is 7.29. The third-order valence-electron chi connectivity index (χ3n) is 5.48. The van der Waals surface area contributed by atoms with Gasteiger partial charge in [0.1, 0.15) is 0 Å². The number of likely N-dealkylation sites (tertiary alicyclic amines) is 1. The summed E-state index contributed by atoms with van der Waals surface area (Å²) in [5, 5.41) is 12.6. The van der Waals surface area contributed by atoms with Crippen molar-refractivity contribution in [3.05, 3.63) is 0 Å². The molecule has 2 saturated heterocycles. The number of hydrogen-bond acceptors (Lipinski definition) is 4. The van der Waals surface area contributed by atoms with Crippen molar-refractivity contribution in [2.75, 3.05) is 26.2 Å². The second-order valence-electron chi connectivity index (χ2n) is 7.29. The lowest BCUT2D eigenvalue weighted by molar-refractivity contribution is -0.139. The lowest BCUT2D eigenvalue weighted by Gasteiger charge is -2.38. The van der Waals surface area contributed by atoms with Crippen LogP contribution in [0.4, 0.5) is 0 Å². The maximum atomic E-state index is 12.6. The molecule has 2 aliphatic heterocycles. The first-order valence-electron chi connectivity index (χ1n) is 8.45. The molecule has 0 aromatic carbocycles. The van der Waals surface area contributed by atoms with Crippen molar-refractivity contribution in [1.82, 2.24) is 15.1 Å². The first kappa shape index (κ1) is 15.7. The zero-order chi connectivity index (χ0) is 15.9. The van der Waals surface area contributed by atoms with E-state index in [2.05, 4.69) is 24.1 Å². The predicted molar refractivity (Wildman–Crippen MR) is 82.1 cm³/mol. The van der Waals surface area contributed by atoms with Crippen LogP contribution in [-0.4, -0.2) is 71.1 Å². The molecule has 0 radical (unpaired) electrons. The molecule has 1 aliphatic carbocycles. The summed E-state index contributed by atoms with van der Waals surface area (Å²) in [4.78, 5) is 28.8. The molecule has 3 aliphatic rings. The summed E-state index contributed by atoms with van der Waals surface area (Å²) < 4.78 is 0. The minimum absolute atomic E-state index is 0.0249. The van der Waals surface area contributed by atoms with E-state index in [0.717, 1.165) is 32.5 Å². The van der Waals surface area contributed by atoms with Crippen molar-refractivity contribution in [1.29, 1.82) is 0 Å². The quantitative estimate of drug-likeness (QED) is 0.758. The number of piperazine rings is 1. The summed E-state index contributed by atoms with van der Waals surface area (Å²) in [6, 6.07) is -0.0794. The molecule has 3 rings (SSSR count). The number of carbonyl (C=O) groups excluding carboxylic acids is 2. The fourth-order valence-corrected chi connectivity index (χ4v) is 4.33. The molecule has 6 heteroatoms. The van der Waals surface area contributed by atoms with Crippen LogP contribution < -0.4 is 5.32 Å². The molecule has 0 aromatic rings. The Bertz CT molecular complexity index is 440. The van der Waals surface area contributed by atoms with E-state index in [0.29, 0.717) is 18.4 Å². The number of nitrogens with zero attached hydrogens (tertiary/aromatic N) is 2. The number of aliphatic hydroxyl groups is 1. The zero-order valence-corrected chi connectivity index (χ0v) is 13.5. The van der Waals surface area contributed by atoms with Gasteiger partial charge in [-0.05, 0) is 38.5 Å². The molecule has 0 aromatic heterocycles. The number of aliphatic hydroxyl groups excluding tert-OH is 1. The van der Waals surface area contributed by atoms with Crippen LogP contribution in [0.3, 0.4) is 0 Å². The van der Waals surface area contributed by atoms with Crippen LogP contribution in [0.15, 0.2) is 0 Å². The Kier molecular flexibility index (Phi) is 4.41. The van der Waals surface area contributed by atoms with E-state index in [-0.39, 0.29) is 36.4 Å². The number of rotatable bonds is 3. The van der Waals surface area contributed by atoms with Gasteiger partial charge in [-0.15, -0.1) is 0 Å².